The Morgan fingerprint density at radius 3 is 2.62 bits per heavy atom. The molecule has 1 aromatic heterocycles. The van der Waals surface area contributed by atoms with Crippen molar-refractivity contribution in [2.75, 3.05) is 0 Å². The quantitative estimate of drug-likeness (QED) is 0.884. The Hall–Kier alpha value is -1.43. The Bertz CT molecular complexity index is 502. The molecule has 3 rings (SSSR count). The fourth-order valence-electron chi connectivity index (χ4n) is 3.89. The summed E-state index contributed by atoms with van der Waals surface area (Å²) in [4.78, 5) is 16.7. The number of nitrogens with two attached hydrogens (primary N) is 1. The SMILES string of the molecule is Cc1noc(C(C)NC(=O)C2CC3CCCC(C2)C3N)n1. The van der Waals surface area contributed by atoms with E-state index in [1.165, 1.54) is 19.3 Å². The fourth-order valence-corrected chi connectivity index (χ4v) is 3.89. The van der Waals surface area contributed by atoms with E-state index in [1.54, 1.807) is 6.92 Å². The van der Waals surface area contributed by atoms with Gasteiger partial charge in [0.2, 0.25) is 11.8 Å². The van der Waals surface area contributed by atoms with Gasteiger partial charge in [0, 0.05) is 12.0 Å². The summed E-state index contributed by atoms with van der Waals surface area (Å²) in [6, 6.07) is 0.0490. The number of hydrogen-bond donors (Lipinski definition) is 2. The number of aromatic nitrogens is 2. The van der Waals surface area contributed by atoms with Gasteiger partial charge in [-0.2, -0.15) is 4.98 Å². The van der Waals surface area contributed by atoms with E-state index in [0.717, 1.165) is 12.8 Å². The van der Waals surface area contributed by atoms with Crippen LogP contribution in [0.15, 0.2) is 4.52 Å². The number of nitrogens with one attached hydrogen (secondary N) is 1. The zero-order valence-electron chi connectivity index (χ0n) is 12.7. The number of aryl methyl sites for hydroxylation is 1. The highest BCUT2D eigenvalue weighted by Crippen LogP contribution is 2.42. The third-order valence-corrected chi connectivity index (χ3v) is 5.06. The Balaban J connectivity index is 1.61. The predicted molar refractivity (Wildman–Crippen MR) is 77.1 cm³/mol. The van der Waals surface area contributed by atoms with Crippen LogP contribution in [0, 0.1) is 24.7 Å². The third-order valence-electron chi connectivity index (χ3n) is 5.06. The van der Waals surface area contributed by atoms with Crippen LogP contribution in [-0.4, -0.2) is 22.1 Å². The van der Waals surface area contributed by atoms with Crippen LogP contribution in [0.2, 0.25) is 0 Å². The molecule has 2 aliphatic carbocycles. The van der Waals surface area contributed by atoms with Crippen molar-refractivity contribution >= 4 is 5.91 Å². The van der Waals surface area contributed by atoms with Gasteiger partial charge in [-0.25, -0.2) is 0 Å². The molecular formula is C15H24N4O2. The molecule has 0 spiro atoms. The number of carbonyl (C=O) groups is 1. The zero-order valence-corrected chi connectivity index (χ0v) is 12.7. The van der Waals surface area contributed by atoms with Crippen molar-refractivity contribution in [2.24, 2.45) is 23.5 Å². The van der Waals surface area contributed by atoms with Crippen molar-refractivity contribution in [1.82, 2.24) is 15.5 Å². The standard InChI is InChI=1S/C15H24N4O2/c1-8(15-18-9(2)19-21-15)17-14(20)12-6-10-4-3-5-11(7-12)13(10)16/h8,10-13H,3-7,16H2,1-2H3,(H,17,20). The zero-order chi connectivity index (χ0) is 15.0. The number of carbonyl (C=O) groups excluding carboxylic acids is 1. The molecule has 2 bridgehead atoms. The molecule has 6 heteroatoms. The lowest BCUT2D eigenvalue weighted by molar-refractivity contribution is -0.128. The largest absolute Gasteiger partial charge is 0.344 e. The van der Waals surface area contributed by atoms with Crippen molar-refractivity contribution in [1.29, 1.82) is 0 Å². The van der Waals surface area contributed by atoms with Gasteiger partial charge in [0.25, 0.3) is 0 Å². The topological polar surface area (TPSA) is 94.0 Å². The minimum absolute atomic E-state index is 0.0755. The fraction of sp³-hybridized carbons (Fsp3) is 0.800. The Morgan fingerprint density at radius 1 is 1.38 bits per heavy atom. The van der Waals surface area contributed by atoms with E-state index in [2.05, 4.69) is 15.5 Å². The van der Waals surface area contributed by atoms with Gasteiger partial charge in [-0.3, -0.25) is 4.79 Å². The van der Waals surface area contributed by atoms with E-state index in [0.29, 0.717) is 29.6 Å². The minimum atomic E-state index is -0.242. The number of nitrogens with zero attached hydrogens (tertiary/aromatic N) is 2. The smallest absolute Gasteiger partial charge is 0.248 e. The molecule has 3 N–H and O–H groups in total. The first-order valence-corrected chi connectivity index (χ1v) is 7.90. The van der Waals surface area contributed by atoms with E-state index < -0.39 is 0 Å². The number of hydrogen-bond acceptors (Lipinski definition) is 5. The molecule has 21 heavy (non-hydrogen) atoms. The molecule has 2 saturated carbocycles. The monoisotopic (exact) mass is 292 g/mol. The Kier molecular flexibility index (Phi) is 3.97. The molecule has 0 radical (unpaired) electrons. The molecule has 116 valence electrons. The average Bonchev–Trinajstić information content (AvgIpc) is 2.85. The van der Waals surface area contributed by atoms with Crippen molar-refractivity contribution in [3.63, 3.8) is 0 Å². The van der Waals surface area contributed by atoms with Crippen LogP contribution in [0.3, 0.4) is 0 Å². The predicted octanol–water partition coefficient (Wildman–Crippen LogP) is 1.71. The first-order valence-electron chi connectivity index (χ1n) is 7.90. The molecule has 6 nitrogen and oxygen atoms in total. The molecule has 2 aliphatic rings. The van der Waals surface area contributed by atoms with Crippen LogP contribution in [0.4, 0.5) is 0 Å². The summed E-state index contributed by atoms with van der Waals surface area (Å²) in [5.74, 6) is 2.25. The van der Waals surface area contributed by atoms with Crippen molar-refractivity contribution < 1.29 is 9.32 Å². The maximum Gasteiger partial charge on any atom is 0.248 e. The average molecular weight is 292 g/mol. The molecule has 3 atom stereocenters. The van der Waals surface area contributed by atoms with Crippen LogP contribution in [-0.2, 0) is 4.79 Å². The highest BCUT2D eigenvalue weighted by Gasteiger charge is 2.40. The second-order valence-corrected chi connectivity index (χ2v) is 6.61. The minimum Gasteiger partial charge on any atom is -0.344 e. The summed E-state index contributed by atoms with van der Waals surface area (Å²) < 4.78 is 5.11. The van der Waals surface area contributed by atoms with E-state index in [1.807, 2.05) is 6.92 Å². The lowest BCUT2D eigenvalue weighted by Crippen LogP contribution is -2.49. The van der Waals surface area contributed by atoms with E-state index in [4.69, 9.17) is 10.3 Å². The maximum absolute atomic E-state index is 12.5. The maximum atomic E-state index is 12.5. The van der Waals surface area contributed by atoms with Crippen molar-refractivity contribution in [3.8, 4) is 0 Å². The Labute approximate surface area is 124 Å². The van der Waals surface area contributed by atoms with E-state index in [9.17, 15) is 4.79 Å². The van der Waals surface area contributed by atoms with Crippen LogP contribution in [0.25, 0.3) is 0 Å². The van der Waals surface area contributed by atoms with Gasteiger partial charge in [-0.15, -0.1) is 0 Å². The number of amides is 1. The third kappa shape index (κ3) is 2.95. The van der Waals surface area contributed by atoms with Gasteiger partial charge in [0.15, 0.2) is 5.82 Å². The van der Waals surface area contributed by atoms with Gasteiger partial charge in [0.1, 0.15) is 6.04 Å². The van der Waals surface area contributed by atoms with Crippen LogP contribution >= 0.6 is 0 Å². The van der Waals surface area contributed by atoms with Gasteiger partial charge in [-0.1, -0.05) is 11.6 Å². The highest BCUT2D eigenvalue weighted by atomic mass is 16.5. The summed E-state index contributed by atoms with van der Waals surface area (Å²) in [5, 5.41) is 6.77. The second kappa shape index (κ2) is 5.75. The summed E-state index contributed by atoms with van der Waals surface area (Å²) in [7, 11) is 0. The highest BCUT2D eigenvalue weighted by molar-refractivity contribution is 5.79. The molecule has 0 aliphatic heterocycles. The first-order chi connectivity index (χ1) is 10.0. The normalized spacial score (nSPS) is 33.5. The molecular weight excluding hydrogens is 268 g/mol. The van der Waals surface area contributed by atoms with Crippen LogP contribution in [0.1, 0.15) is 56.8 Å². The summed E-state index contributed by atoms with van der Waals surface area (Å²) in [6.07, 6.45) is 5.42. The summed E-state index contributed by atoms with van der Waals surface area (Å²) in [5.41, 5.74) is 6.28. The van der Waals surface area contributed by atoms with Gasteiger partial charge >= 0.3 is 0 Å². The molecule has 0 aromatic carbocycles. The molecule has 0 saturated heterocycles. The molecule has 1 heterocycles. The molecule has 1 amide bonds. The number of fused-ring (bicyclic) bond motifs is 2. The Morgan fingerprint density at radius 2 is 2.05 bits per heavy atom. The summed E-state index contributed by atoms with van der Waals surface area (Å²) >= 11 is 0. The lowest BCUT2D eigenvalue weighted by Gasteiger charge is -2.43. The lowest BCUT2D eigenvalue weighted by atomic mass is 9.65. The molecule has 1 aromatic rings. The summed E-state index contributed by atoms with van der Waals surface area (Å²) in [6.45, 7) is 3.64. The van der Waals surface area contributed by atoms with Crippen LogP contribution in [0.5, 0.6) is 0 Å². The van der Waals surface area contributed by atoms with Gasteiger partial charge in [-0.05, 0) is 51.4 Å². The first kappa shape index (κ1) is 14.5. The number of rotatable bonds is 3. The van der Waals surface area contributed by atoms with E-state index in [-0.39, 0.29) is 17.9 Å². The molecule has 2 fully saturated rings. The second-order valence-electron chi connectivity index (χ2n) is 6.61. The van der Waals surface area contributed by atoms with Gasteiger partial charge < -0.3 is 15.6 Å². The van der Waals surface area contributed by atoms with Crippen molar-refractivity contribution in [2.45, 2.75) is 58.0 Å². The van der Waals surface area contributed by atoms with Crippen LogP contribution < -0.4 is 11.1 Å². The van der Waals surface area contributed by atoms with Crippen molar-refractivity contribution in [3.05, 3.63) is 11.7 Å². The van der Waals surface area contributed by atoms with E-state index >= 15 is 0 Å². The molecule has 3 unspecified atom stereocenters. The van der Waals surface area contributed by atoms with Gasteiger partial charge in [0.05, 0.1) is 0 Å².